The Balaban J connectivity index is 2.14. The maximum absolute atomic E-state index is 11.7. The highest BCUT2D eigenvalue weighted by atomic mass is 16.6. The van der Waals surface area contributed by atoms with Crippen LogP contribution in [-0.4, -0.2) is 11.6 Å². The summed E-state index contributed by atoms with van der Waals surface area (Å²) in [5, 5.41) is 0. The molecule has 0 aliphatic carbocycles. The second-order valence-electron chi connectivity index (χ2n) is 7.90. The average molecular weight is 339 g/mol. The topological polar surface area (TPSA) is 26.3 Å². The molecule has 1 fully saturated rings. The molecule has 0 radical (unpaired) electrons. The van der Waals surface area contributed by atoms with E-state index in [1.54, 1.807) is 0 Å². The molecule has 0 atom stereocenters. The van der Waals surface area contributed by atoms with Gasteiger partial charge in [0.25, 0.3) is 0 Å². The molecule has 1 heterocycles. The number of carbonyl (C=O) groups excluding carboxylic acids is 1. The van der Waals surface area contributed by atoms with Gasteiger partial charge in [0.05, 0.1) is 0 Å². The van der Waals surface area contributed by atoms with E-state index in [1.165, 1.54) is 89.9 Å². The summed E-state index contributed by atoms with van der Waals surface area (Å²) in [6.07, 6.45) is 22.5. The molecule has 0 saturated carbocycles. The summed E-state index contributed by atoms with van der Waals surface area (Å²) in [6.45, 7) is 4.53. The largest absolute Gasteiger partial charge is 0.459 e. The number of ether oxygens (including phenoxy) is 1. The van der Waals surface area contributed by atoms with Gasteiger partial charge in [-0.15, -0.1) is 0 Å². The fourth-order valence-corrected chi connectivity index (χ4v) is 3.96. The van der Waals surface area contributed by atoms with Crippen LogP contribution in [0.1, 0.15) is 129 Å². The third kappa shape index (κ3) is 9.69. The van der Waals surface area contributed by atoms with Gasteiger partial charge in [-0.05, 0) is 32.1 Å². The van der Waals surface area contributed by atoms with Crippen LogP contribution < -0.4 is 0 Å². The van der Waals surface area contributed by atoms with Crippen molar-refractivity contribution in [3.8, 4) is 0 Å². The second kappa shape index (κ2) is 13.7. The molecule has 1 aliphatic heterocycles. The highest BCUT2D eigenvalue weighted by molar-refractivity contribution is 5.72. The standard InChI is InChI=1S/C22H42O2/c1-3-5-7-9-11-13-15-18-22(20-17-21(23)24-22)19-16-14-12-10-8-6-4-2/h3-20H2,1-2H3. The van der Waals surface area contributed by atoms with Crippen molar-refractivity contribution in [2.75, 3.05) is 0 Å². The Morgan fingerprint density at radius 1 is 0.708 bits per heavy atom. The summed E-state index contributed by atoms with van der Waals surface area (Å²) in [4.78, 5) is 11.7. The minimum atomic E-state index is -0.0933. The van der Waals surface area contributed by atoms with Gasteiger partial charge in [-0.3, -0.25) is 4.79 Å². The van der Waals surface area contributed by atoms with Gasteiger partial charge in [-0.25, -0.2) is 0 Å². The third-order valence-corrected chi connectivity index (χ3v) is 5.59. The lowest BCUT2D eigenvalue weighted by Crippen LogP contribution is -2.28. The van der Waals surface area contributed by atoms with Gasteiger partial charge >= 0.3 is 5.97 Å². The highest BCUT2D eigenvalue weighted by Crippen LogP contribution is 2.36. The first-order valence-electron chi connectivity index (χ1n) is 10.9. The number of hydrogen-bond donors (Lipinski definition) is 0. The summed E-state index contributed by atoms with van der Waals surface area (Å²) in [5.41, 5.74) is -0.0933. The Hall–Kier alpha value is -0.530. The zero-order valence-electron chi connectivity index (χ0n) is 16.5. The molecule has 2 heteroatoms. The fourth-order valence-electron chi connectivity index (χ4n) is 3.96. The lowest BCUT2D eigenvalue weighted by Gasteiger charge is -2.28. The van der Waals surface area contributed by atoms with E-state index in [0.29, 0.717) is 6.42 Å². The van der Waals surface area contributed by atoms with Crippen molar-refractivity contribution >= 4 is 5.97 Å². The van der Waals surface area contributed by atoms with Crippen molar-refractivity contribution in [1.29, 1.82) is 0 Å². The number of esters is 1. The van der Waals surface area contributed by atoms with Gasteiger partial charge in [0.1, 0.15) is 5.60 Å². The predicted molar refractivity (Wildman–Crippen MR) is 103 cm³/mol. The van der Waals surface area contributed by atoms with Crippen molar-refractivity contribution < 1.29 is 9.53 Å². The number of carbonyl (C=O) groups is 1. The maximum atomic E-state index is 11.7. The van der Waals surface area contributed by atoms with Crippen LogP contribution in [0.15, 0.2) is 0 Å². The molecular formula is C22H42O2. The minimum Gasteiger partial charge on any atom is -0.459 e. The van der Waals surface area contributed by atoms with E-state index in [9.17, 15) is 4.79 Å². The first-order valence-corrected chi connectivity index (χ1v) is 10.9. The molecule has 0 aromatic heterocycles. The molecule has 1 aliphatic rings. The molecule has 142 valence electrons. The van der Waals surface area contributed by atoms with Gasteiger partial charge in [0.15, 0.2) is 0 Å². The van der Waals surface area contributed by atoms with E-state index in [4.69, 9.17) is 4.74 Å². The summed E-state index contributed by atoms with van der Waals surface area (Å²) in [5.74, 6) is 0.0425. The summed E-state index contributed by atoms with van der Waals surface area (Å²) < 4.78 is 5.80. The van der Waals surface area contributed by atoms with E-state index in [1.807, 2.05) is 0 Å². The maximum Gasteiger partial charge on any atom is 0.306 e. The molecule has 0 N–H and O–H groups in total. The van der Waals surface area contributed by atoms with E-state index < -0.39 is 0 Å². The van der Waals surface area contributed by atoms with Crippen molar-refractivity contribution in [3.63, 3.8) is 0 Å². The SMILES string of the molecule is CCCCCCCCCC1(CCCCCCCCC)CCC(=O)O1. The molecule has 1 saturated heterocycles. The quantitative estimate of drug-likeness (QED) is 0.217. The molecule has 0 aromatic carbocycles. The molecule has 0 bridgehead atoms. The molecular weight excluding hydrogens is 296 g/mol. The summed E-state index contributed by atoms with van der Waals surface area (Å²) >= 11 is 0. The van der Waals surface area contributed by atoms with E-state index >= 15 is 0 Å². The van der Waals surface area contributed by atoms with Crippen LogP contribution in [0.4, 0.5) is 0 Å². The molecule has 24 heavy (non-hydrogen) atoms. The van der Waals surface area contributed by atoms with E-state index in [0.717, 1.165) is 19.3 Å². The van der Waals surface area contributed by atoms with Crippen LogP contribution in [0, 0.1) is 0 Å². The molecule has 0 amide bonds. The first-order chi connectivity index (χ1) is 11.7. The molecule has 1 rings (SSSR count). The predicted octanol–water partition coefficient (Wildman–Crippen LogP) is 7.34. The monoisotopic (exact) mass is 338 g/mol. The van der Waals surface area contributed by atoms with Gasteiger partial charge < -0.3 is 4.74 Å². The van der Waals surface area contributed by atoms with Gasteiger partial charge in [-0.2, -0.15) is 0 Å². The first kappa shape index (κ1) is 21.5. The Bertz CT molecular complexity index is 293. The van der Waals surface area contributed by atoms with E-state index in [2.05, 4.69) is 13.8 Å². The molecule has 0 spiro atoms. The van der Waals surface area contributed by atoms with Crippen LogP contribution in [0.5, 0.6) is 0 Å². The zero-order chi connectivity index (χ0) is 17.5. The van der Waals surface area contributed by atoms with Crippen LogP contribution in [0.25, 0.3) is 0 Å². The average Bonchev–Trinajstić information content (AvgIpc) is 2.94. The van der Waals surface area contributed by atoms with Crippen LogP contribution in [0.3, 0.4) is 0 Å². The van der Waals surface area contributed by atoms with Crippen molar-refractivity contribution in [2.45, 2.75) is 135 Å². The minimum absolute atomic E-state index is 0.0425. The summed E-state index contributed by atoms with van der Waals surface area (Å²) in [7, 11) is 0. The lowest BCUT2D eigenvalue weighted by molar-refractivity contribution is -0.149. The van der Waals surface area contributed by atoms with Crippen LogP contribution in [0.2, 0.25) is 0 Å². The van der Waals surface area contributed by atoms with Crippen LogP contribution in [-0.2, 0) is 9.53 Å². The van der Waals surface area contributed by atoms with Crippen molar-refractivity contribution in [2.24, 2.45) is 0 Å². The van der Waals surface area contributed by atoms with Crippen molar-refractivity contribution in [3.05, 3.63) is 0 Å². The fraction of sp³-hybridized carbons (Fsp3) is 0.955. The highest BCUT2D eigenvalue weighted by Gasteiger charge is 2.38. The second-order valence-corrected chi connectivity index (χ2v) is 7.90. The number of unbranched alkanes of at least 4 members (excludes halogenated alkanes) is 12. The lowest BCUT2D eigenvalue weighted by atomic mass is 9.87. The summed E-state index contributed by atoms with van der Waals surface area (Å²) in [6, 6.07) is 0. The number of rotatable bonds is 16. The van der Waals surface area contributed by atoms with Gasteiger partial charge in [-0.1, -0.05) is 90.9 Å². The molecule has 2 nitrogen and oxygen atoms in total. The number of cyclic esters (lactones) is 1. The van der Waals surface area contributed by atoms with Gasteiger partial charge in [0.2, 0.25) is 0 Å². The number of hydrogen-bond acceptors (Lipinski definition) is 2. The molecule has 0 aromatic rings. The van der Waals surface area contributed by atoms with Crippen LogP contribution >= 0.6 is 0 Å². The smallest absolute Gasteiger partial charge is 0.306 e. The Morgan fingerprint density at radius 3 is 1.50 bits per heavy atom. The van der Waals surface area contributed by atoms with Crippen molar-refractivity contribution in [1.82, 2.24) is 0 Å². The zero-order valence-corrected chi connectivity index (χ0v) is 16.5. The normalized spacial score (nSPS) is 16.5. The van der Waals surface area contributed by atoms with Gasteiger partial charge in [0, 0.05) is 6.42 Å². The Kier molecular flexibility index (Phi) is 12.3. The Labute approximate surface area is 151 Å². The Morgan fingerprint density at radius 2 is 1.12 bits per heavy atom. The van der Waals surface area contributed by atoms with E-state index in [-0.39, 0.29) is 11.6 Å². The third-order valence-electron chi connectivity index (χ3n) is 5.59. The molecule has 0 unspecified atom stereocenters.